The van der Waals surface area contributed by atoms with Crippen molar-refractivity contribution in [2.75, 3.05) is 6.61 Å². The van der Waals surface area contributed by atoms with Crippen LogP contribution in [0.15, 0.2) is 57.7 Å². The molecule has 0 aliphatic rings. The first-order valence-electron chi connectivity index (χ1n) is 9.50. The van der Waals surface area contributed by atoms with Crippen molar-refractivity contribution in [3.63, 3.8) is 0 Å². The summed E-state index contributed by atoms with van der Waals surface area (Å²) in [6.07, 6.45) is 1.82. The van der Waals surface area contributed by atoms with E-state index in [1.54, 1.807) is 6.07 Å². The second kappa shape index (κ2) is 8.74. The second-order valence-corrected chi connectivity index (χ2v) is 6.92. The van der Waals surface area contributed by atoms with Crippen molar-refractivity contribution < 1.29 is 13.9 Å². The number of amides is 1. The third kappa shape index (κ3) is 4.42. The molecular weight excluding hydrogens is 354 g/mol. The fourth-order valence-electron chi connectivity index (χ4n) is 3.33. The van der Waals surface area contributed by atoms with Crippen molar-refractivity contribution in [1.82, 2.24) is 5.32 Å². The van der Waals surface area contributed by atoms with Crippen molar-refractivity contribution in [1.29, 1.82) is 0 Å². The molecule has 0 aliphatic heterocycles. The normalized spacial score (nSPS) is 12.0. The standard InChI is InChI=1S/C23H25NO4/c1-4-8-19(17-9-6-5-7-10-17)24-21(25)14-27-20-12-11-18-15(2)13-22(26)28-23(18)16(20)3/h5-7,9-13,19H,4,8,14H2,1-3H3,(H,24,25)/t19-/m1/s1. The van der Waals surface area contributed by atoms with Gasteiger partial charge in [-0.05, 0) is 43.5 Å². The van der Waals surface area contributed by atoms with Crippen LogP contribution in [0.1, 0.15) is 42.5 Å². The maximum atomic E-state index is 12.4. The molecule has 3 aromatic rings. The zero-order valence-corrected chi connectivity index (χ0v) is 16.5. The Morgan fingerprint density at radius 3 is 2.61 bits per heavy atom. The summed E-state index contributed by atoms with van der Waals surface area (Å²) in [5.74, 6) is 0.343. The number of carbonyl (C=O) groups is 1. The number of hydrogen-bond donors (Lipinski definition) is 1. The molecule has 2 aromatic carbocycles. The summed E-state index contributed by atoms with van der Waals surface area (Å²) in [5, 5.41) is 3.90. The van der Waals surface area contributed by atoms with Crippen molar-refractivity contribution >= 4 is 16.9 Å². The molecule has 0 aliphatic carbocycles. The zero-order chi connectivity index (χ0) is 20.1. The molecule has 1 heterocycles. The number of fused-ring (bicyclic) bond motifs is 1. The molecule has 28 heavy (non-hydrogen) atoms. The highest BCUT2D eigenvalue weighted by molar-refractivity contribution is 5.85. The molecule has 0 unspecified atom stereocenters. The number of rotatable bonds is 7. The van der Waals surface area contributed by atoms with Crippen LogP contribution in [0, 0.1) is 13.8 Å². The minimum atomic E-state index is -0.395. The summed E-state index contributed by atoms with van der Waals surface area (Å²) in [6, 6.07) is 15.0. The quantitative estimate of drug-likeness (QED) is 0.616. The Kier molecular flexibility index (Phi) is 6.14. The van der Waals surface area contributed by atoms with Crippen LogP contribution in [0.4, 0.5) is 0 Å². The van der Waals surface area contributed by atoms with Gasteiger partial charge in [-0.15, -0.1) is 0 Å². The maximum Gasteiger partial charge on any atom is 0.336 e. The largest absolute Gasteiger partial charge is 0.483 e. The summed E-state index contributed by atoms with van der Waals surface area (Å²) >= 11 is 0. The molecule has 0 saturated carbocycles. The molecule has 1 aromatic heterocycles. The minimum Gasteiger partial charge on any atom is -0.483 e. The molecule has 1 amide bonds. The van der Waals surface area contributed by atoms with Crippen LogP contribution in [0.3, 0.4) is 0 Å². The van der Waals surface area contributed by atoms with Crippen LogP contribution in [-0.2, 0) is 4.79 Å². The van der Waals surface area contributed by atoms with Crippen LogP contribution in [-0.4, -0.2) is 12.5 Å². The third-order valence-corrected chi connectivity index (χ3v) is 4.79. The Morgan fingerprint density at radius 2 is 1.89 bits per heavy atom. The Balaban J connectivity index is 1.72. The number of benzene rings is 2. The number of carbonyl (C=O) groups excluding carboxylic acids is 1. The molecule has 146 valence electrons. The van der Waals surface area contributed by atoms with E-state index < -0.39 is 5.63 Å². The number of nitrogens with one attached hydrogen (secondary N) is 1. The van der Waals surface area contributed by atoms with Crippen LogP contribution in [0.25, 0.3) is 11.0 Å². The van der Waals surface area contributed by atoms with E-state index in [4.69, 9.17) is 9.15 Å². The predicted octanol–water partition coefficient (Wildman–Crippen LogP) is 4.45. The molecule has 0 saturated heterocycles. The molecule has 3 rings (SSSR count). The monoisotopic (exact) mass is 379 g/mol. The Morgan fingerprint density at radius 1 is 1.14 bits per heavy atom. The molecule has 1 atom stereocenters. The molecule has 0 radical (unpaired) electrons. The van der Waals surface area contributed by atoms with E-state index in [1.165, 1.54) is 6.07 Å². The minimum absolute atomic E-state index is 0.0410. The van der Waals surface area contributed by atoms with Gasteiger partial charge >= 0.3 is 5.63 Å². The molecule has 0 bridgehead atoms. The first-order valence-corrected chi connectivity index (χ1v) is 9.50. The smallest absolute Gasteiger partial charge is 0.336 e. The summed E-state index contributed by atoms with van der Waals surface area (Å²) in [7, 11) is 0. The molecule has 5 nitrogen and oxygen atoms in total. The maximum absolute atomic E-state index is 12.4. The van der Waals surface area contributed by atoms with Gasteiger partial charge in [-0.2, -0.15) is 0 Å². The van der Waals surface area contributed by atoms with Crippen molar-refractivity contribution in [3.05, 3.63) is 75.6 Å². The van der Waals surface area contributed by atoms with Gasteiger partial charge in [0.15, 0.2) is 6.61 Å². The van der Waals surface area contributed by atoms with E-state index in [0.717, 1.165) is 29.4 Å². The van der Waals surface area contributed by atoms with E-state index >= 15 is 0 Å². The summed E-state index contributed by atoms with van der Waals surface area (Å²) in [4.78, 5) is 24.1. The van der Waals surface area contributed by atoms with Crippen LogP contribution in [0.2, 0.25) is 0 Å². The molecule has 0 spiro atoms. The number of ether oxygens (including phenoxy) is 1. The summed E-state index contributed by atoms with van der Waals surface area (Å²) < 4.78 is 11.1. The molecular formula is C23H25NO4. The highest BCUT2D eigenvalue weighted by Gasteiger charge is 2.15. The van der Waals surface area contributed by atoms with Gasteiger partial charge in [-0.25, -0.2) is 4.79 Å². The lowest BCUT2D eigenvalue weighted by Gasteiger charge is -2.19. The third-order valence-electron chi connectivity index (χ3n) is 4.79. The molecule has 1 N–H and O–H groups in total. The number of hydrogen-bond acceptors (Lipinski definition) is 4. The lowest BCUT2D eigenvalue weighted by Crippen LogP contribution is -2.32. The Hall–Kier alpha value is -3.08. The van der Waals surface area contributed by atoms with Gasteiger partial charge in [0, 0.05) is 17.0 Å². The first-order chi connectivity index (χ1) is 13.5. The van der Waals surface area contributed by atoms with Gasteiger partial charge in [-0.1, -0.05) is 43.7 Å². The topological polar surface area (TPSA) is 68.5 Å². The lowest BCUT2D eigenvalue weighted by molar-refractivity contribution is -0.123. The number of aryl methyl sites for hydroxylation is 2. The van der Waals surface area contributed by atoms with Gasteiger partial charge in [0.1, 0.15) is 11.3 Å². The Bertz CT molecular complexity index is 1020. The van der Waals surface area contributed by atoms with Crippen LogP contribution >= 0.6 is 0 Å². The van der Waals surface area contributed by atoms with E-state index in [0.29, 0.717) is 16.9 Å². The molecule has 0 fully saturated rings. The summed E-state index contributed by atoms with van der Waals surface area (Å²) in [6.45, 7) is 5.67. The SMILES string of the molecule is CCC[C@@H](NC(=O)COc1ccc2c(C)cc(=O)oc2c1C)c1ccccc1. The van der Waals surface area contributed by atoms with Crippen molar-refractivity contribution in [2.45, 2.75) is 39.7 Å². The first kappa shape index (κ1) is 19.7. The lowest BCUT2D eigenvalue weighted by atomic mass is 10.0. The predicted molar refractivity (Wildman–Crippen MR) is 110 cm³/mol. The van der Waals surface area contributed by atoms with Gasteiger partial charge in [-0.3, -0.25) is 4.79 Å². The van der Waals surface area contributed by atoms with Crippen LogP contribution in [0.5, 0.6) is 5.75 Å². The zero-order valence-electron chi connectivity index (χ0n) is 16.5. The molecule has 5 heteroatoms. The van der Waals surface area contributed by atoms with Crippen molar-refractivity contribution in [2.24, 2.45) is 0 Å². The Labute approximate surface area is 164 Å². The van der Waals surface area contributed by atoms with E-state index in [1.807, 2.05) is 50.2 Å². The average Bonchev–Trinajstić information content (AvgIpc) is 2.68. The van der Waals surface area contributed by atoms with Crippen molar-refractivity contribution in [3.8, 4) is 5.75 Å². The van der Waals surface area contributed by atoms with E-state index in [9.17, 15) is 9.59 Å². The van der Waals surface area contributed by atoms with Gasteiger partial charge in [0.2, 0.25) is 0 Å². The highest BCUT2D eigenvalue weighted by atomic mass is 16.5. The van der Waals surface area contributed by atoms with Gasteiger partial charge in [0.25, 0.3) is 5.91 Å². The highest BCUT2D eigenvalue weighted by Crippen LogP contribution is 2.28. The fraction of sp³-hybridized carbons (Fsp3) is 0.304. The van der Waals surface area contributed by atoms with E-state index in [2.05, 4.69) is 12.2 Å². The average molecular weight is 379 g/mol. The van der Waals surface area contributed by atoms with E-state index in [-0.39, 0.29) is 18.6 Å². The van der Waals surface area contributed by atoms with Gasteiger partial charge < -0.3 is 14.5 Å². The summed E-state index contributed by atoms with van der Waals surface area (Å²) in [5.41, 5.74) is 2.74. The van der Waals surface area contributed by atoms with Crippen LogP contribution < -0.4 is 15.7 Å². The second-order valence-electron chi connectivity index (χ2n) is 6.92. The fourth-order valence-corrected chi connectivity index (χ4v) is 3.33. The van der Waals surface area contributed by atoms with Gasteiger partial charge in [0.05, 0.1) is 6.04 Å².